The van der Waals surface area contributed by atoms with Crippen LogP contribution in [0.2, 0.25) is 0 Å². The van der Waals surface area contributed by atoms with Crippen molar-refractivity contribution < 1.29 is 9.84 Å². The minimum absolute atomic E-state index is 0.0828. The minimum Gasteiger partial charge on any atom is -0.393 e. The van der Waals surface area contributed by atoms with Gasteiger partial charge in [0.15, 0.2) is 0 Å². The number of ether oxygens (including phenoxy) is 1. The molecule has 40 heavy (non-hydrogen) atoms. The Morgan fingerprint density at radius 3 is 2.52 bits per heavy atom. The fourth-order valence-corrected chi connectivity index (χ4v) is 8.71. The summed E-state index contributed by atoms with van der Waals surface area (Å²) in [6.07, 6.45) is 13.1. The zero-order valence-electron chi connectivity index (χ0n) is 24.7. The van der Waals surface area contributed by atoms with E-state index in [1.807, 2.05) is 0 Å². The van der Waals surface area contributed by atoms with E-state index in [4.69, 9.17) is 9.72 Å². The first kappa shape index (κ1) is 27.4. The first-order valence-electron chi connectivity index (χ1n) is 16.8. The molecule has 2 saturated heterocycles. The van der Waals surface area contributed by atoms with Crippen molar-refractivity contribution in [3.63, 3.8) is 0 Å². The Bertz CT molecular complexity index is 1010. The van der Waals surface area contributed by atoms with Crippen molar-refractivity contribution in [3.8, 4) is 0 Å². The largest absolute Gasteiger partial charge is 0.393 e. The molecule has 3 atom stereocenters. The normalized spacial score (nSPS) is 29.7. The second kappa shape index (κ2) is 12.4. The van der Waals surface area contributed by atoms with Crippen molar-refractivity contribution in [1.29, 1.82) is 0 Å². The van der Waals surface area contributed by atoms with Crippen LogP contribution in [0.25, 0.3) is 0 Å². The molecule has 2 N–H and O–H groups in total. The molecule has 3 fully saturated rings. The number of hydrogen-bond donors (Lipinski definition) is 2. The van der Waals surface area contributed by atoms with Gasteiger partial charge in [-0.1, -0.05) is 0 Å². The molecule has 0 spiro atoms. The number of nitrogens with zero attached hydrogens (tertiary/aromatic N) is 5. The van der Waals surface area contributed by atoms with Gasteiger partial charge in [0.25, 0.3) is 0 Å². The highest BCUT2D eigenvalue weighted by molar-refractivity contribution is 5.82. The number of likely N-dealkylation sites (tertiary alicyclic amines) is 1. The number of piperidine rings is 1. The van der Waals surface area contributed by atoms with Gasteiger partial charge in [0.1, 0.15) is 0 Å². The lowest BCUT2D eigenvalue weighted by molar-refractivity contribution is 0.0376. The lowest BCUT2D eigenvalue weighted by Crippen LogP contribution is -2.46. The van der Waals surface area contributed by atoms with Crippen molar-refractivity contribution in [1.82, 2.24) is 20.1 Å². The Balaban J connectivity index is 1.07. The molecule has 8 heteroatoms. The third-order valence-electron chi connectivity index (χ3n) is 10.9. The van der Waals surface area contributed by atoms with E-state index < -0.39 is 0 Å². The highest BCUT2D eigenvalue weighted by atomic mass is 16.5. The average molecular weight is 553 g/mol. The maximum atomic E-state index is 9.83. The SMILES string of the molecule is OC1CCN(CCNC2CCC3C(C2)c2nc4c(c5c2N3CCCN5CCCN2CCOCC2)CCCC4)CC1. The number of rotatable bonds is 8. The van der Waals surface area contributed by atoms with Crippen LogP contribution < -0.4 is 15.1 Å². The average Bonchev–Trinajstić information content (AvgIpc) is 3.15. The second-order valence-corrected chi connectivity index (χ2v) is 13.4. The summed E-state index contributed by atoms with van der Waals surface area (Å²) in [4.78, 5) is 16.3. The number of fused-ring (bicyclic) bond motifs is 5. The van der Waals surface area contributed by atoms with Crippen molar-refractivity contribution >= 4 is 11.4 Å². The number of aryl methyl sites for hydroxylation is 1. The summed E-state index contributed by atoms with van der Waals surface area (Å²) in [6.45, 7) is 13.0. The molecule has 222 valence electrons. The van der Waals surface area contributed by atoms with Crippen LogP contribution in [0, 0.1) is 0 Å². The van der Waals surface area contributed by atoms with Crippen LogP contribution in [-0.4, -0.2) is 117 Å². The minimum atomic E-state index is -0.0828. The quantitative estimate of drug-likeness (QED) is 0.511. The number of morpholine rings is 1. The molecule has 4 aliphatic heterocycles. The number of aromatic nitrogens is 1. The zero-order chi connectivity index (χ0) is 26.9. The molecule has 5 heterocycles. The van der Waals surface area contributed by atoms with E-state index in [1.54, 1.807) is 16.9 Å². The van der Waals surface area contributed by atoms with Crippen molar-refractivity contribution in [2.24, 2.45) is 0 Å². The second-order valence-electron chi connectivity index (χ2n) is 13.4. The van der Waals surface area contributed by atoms with E-state index in [1.165, 1.54) is 95.4 Å². The molecule has 0 radical (unpaired) electrons. The Morgan fingerprint density at radius 2 is 1.65 bits per heavy atom. The van der Waals surface area contributed by atoms with Gasteiger partial charge in [0, 0.05) is 89.1 Å². The molecule has 0 bridgehead atoms. The Morgan fingerprint density at radius 1 is 0.825 bits per heavy atom. The summed E-state index contributed by atoms with van der Waals surface area (Å²) in [5, 5.41) is 13.8. The Labute approximate surface area is 241 Å². The van der Waals surface area contributed by atoms with Gasteiger partial charge < -0.3 is 29.9 Å². The van der Waals surface area contributed by atoms with Gasteiger partial charge in [-0.3, -0.25) is 9.88 Å². The predicted molar refractivity (Wildman–Crippen MR) is 161 cm³/mol. The lowest BCUT2D eigenvalue weighted by atomic mass is 9.80. The highest BCUT2D eigenvalue weighted by Gasteiger charge is 2.47. The first-order chi connectivity index (χ1) is 19.7. The summed E-state index contributed by atoms with van der Waals surface area (Å²) in [5.74, 6) is 0.575. The third-order valence-corrected chi connectivity index (χ3v) is 10.9. The van der Waals surface area contributed by atoms with Crippen LogP contribution in [0.15, 0.2) is 0 Å². The molecule has 1 saturated carbocycles. The highest BCUT2D eigenvalue weighted by Crippen LogP contribution is 2.54. The Kier molecular flexibility index (Phi) is 8.50. The number of pyridine rings is 1. The smallest absolute Gasteiger partial charge is 0.0832 e. The predicted octanol–water partition coefficient (Wildman–Crippen LogP) is 2.76. The monoisotopic (exact) mass is 552 g/mol. The fourth-order valence-electron chi connectivity index (χ4n) is 8.71. The molecule has 3 unspecified atom stereocenters. The van der Waals surface area contributed by atoms with Crippen LogP contribution in [0.4, 0.5) is 11.4 Å². The summed E-state index contributed by atoms with van der Waals surface area (Å²) < 4.78 is 5.58. The summed E-state index contributed by atoms with van der Waals surface area (Å²) >= 11 is 0. The molecular formula is C32H52N6O2. The van der Waals surface area contributed by atoms with E-state index in [0.29, 0.717) is 18.0 Å². The summed E-state index contributed by atoms with van der Waals surface area (Å²) in [5.41, 5.74) is 7.64. The van der Waals surface area contributed by atoms with Gasteiger partial charge in [0.2, 0.25) is 0 Å². The van der Waals surface area contributed by atoms with Crippen LogP contribution >= 0.6 is 0 Å². The summed E-state index contributed by atoms with van der Waals surface area (Å²) in [7, 11) is 0. The molecule has 6 aliphatic rings. The maximum Gasteiger partial charge on any atom is 0.0832 e. The van der Waals surface area contributed by atoms with Crippen LogP contribution in [0.1, 0.15) is 80.7 Å². The summed E-state index contributed by atoms with van der Waals surface area (Å²) in [6, 6.07) is 1.23. The molecule has 0 aromatic carbocycles. The van der Waals surface area contributed by atoms with Gasteiger partial charge in [-0.15, -0.1) is 0 Å². The van der Waals surface area contributed by atoms with Gasteiger partial charge in [-0.2, -0.15) is 0 Å². The first-order valence-corrected chi connectivity index (χ1v) is 16.8. The van der Waals surface area contributed by atoms with Crippen LogP contribution in [0.5, 0.6) is 0 Å². The molecule has 8 nitrogen and oxygen atoms in total. The molecule has 7 rings (SSSR count). The van der Waals surface area contributed by atoms with Gasteiger partial charge in [0.05, 0.1) is 36.4 Å². The number of nitrogens with one attached hydrogen (secondary N) is 1. The van der Waals surface area contributed by atoms with E-state index in [-0.39, 0.29) is 6.10 Å². The number of anilines is 2. The number of hydrogen-bond acceptors (Lipinski definition) is 8. The molecule has 1 aromatic heterocycles. The van der Waals surface area contributed by atoms with Crippen molar-refractivity contribution in [3.05, 3.63) is 17.0 Å². The zero-order valence-corrected chi connectivity index (χ0v) is 24.7. The molecule has 1 aromatic rings. The topological polar surface area (TPSA) is 67.3 Å². The number of aliphatic hydroxyl groups is 1. The van der Waals surface area contributed by atoms with Gasteiger partial charge in [-0.05, 0) is 76.2 Å². The van der Waals surface area contributed by atoms with Gasteiger partial charge >= 0.3 is 0 Å². The van der Waals surface area contributed by atoms with Crippen LogP contribution in [0.3, 0.4) is 0 Å². The van der Waals surface area contributed by atoms with E-state index in [0.717, 1.165) is 65.3 Å². The maximum absolute atomic E-state index is 9.83. The van der Waals surface area contributed by atoms with E-state index in [9.17, 15) is 5.11 Å². The standard InChI is InChI=1S/C32H52N6O2/c39-25-9-16-36(17-10-25)18-11-33-24-7-8-29-27(23-24)30-32-31(26-5-1-2-6-28(26)34-30)37(14-4-15-38(29)32)13-3-12-35-19-21-40-22-20-35/h24-25,27,29,33,39H,1-23H2. The molecular weight excluding hydrogens is 500 g/mol. The molecule has 0 amide bonds. The van der Waals surface area contributed by atoms with E-state index >= 15 is 0 Å². The fraction of sp³-hybridized carbons (Fsp3) is 0.844. The lowest BCUT2D eigenvalue weighted by Gasteiger charge is -2.37. The third kappa shape index (κ3) is 5.63. The van der Waals surface area contributed by atoms with Gasteiger partial charge in [-0.25, -0.2) is 0 Å². The Hall–Kier alpha value is -1.45. The molecule has 2 aliphatic carbocycles. The van der Waals surface area contributed by atoms with Crippen molar-refractivity contribution in [2.45, 2.75) is 94.7 Å². The number of aliphatic hydroxyl groups excluding tert-OH is 1. The van der Waals surface area contributed by atoms with Crippen LogP contribution in [-0.2, 0) is 17.6 Å². The van der Waals surface area contributed by atoms with E-state index in [2.05, 4.69) is 24.9 Å². The van der Waals surface area contributed by atoms with Crippen molar-refractivity contribution in [2.75, 3.05) is 88.5 Å².